The van der Waals surface area contributed by atoms with Crippen LogP contribution in [0.1, 0.15) is 25.8 Å². The summed E-state index contributed by atoms with van der Waals surface area (Å²) in [6.07, 6.45) is 2.75. The highest BCUT2D eigenvalue weighted by Crippen LogP contribution is 2.36. The van der Waals surface area contributed by atoms with E-state index < -0.39 is 6.36 Å². The van der Waals surface area contributed by atoms with E-state index in [1.165, 1.54) is 12.1 Å². The normalized spacial score (nSPS) is 16.5. The zero-order chi connectivity index (χ0) is 27.9. The molecule has 2 amide bonds. The Balaban J connectivity index is 1.45. The molecule has 0 radical (unpaired) electrons. The summed E-state index contributed by atoms with van der Waals surface area (Å²) in [5.74, 6) is 0.0422. The maximum Gasteiger partial charge on any atom is 0.573 e. The number of hydrogen-bond acceptors (Lipinski definition) is 4. The Morgan fingerprint density at radius 3 is 2.46 bits per heavy atom. The van der Waals surface area contributed by atoms with Gasteiger partial charge in [-0.25, -0.2) is 9.78 Å². The van der Waals surface area contributed by atoms with Gasteiger partial charge in [0.15, 0.2) is 0 Å². The second-order valence-corrected chi connectivity index (χ2v) is 10.8. The molecule has 1 N–H and O–H groups in total. The standard InChI is InChI=1S/C28H31F3N6O2/c1-27(2,20-13-32-26(38)35(3)16-20)12-11-19-15-37(21-14-33-36(4)17-21)25-23(19)9-10-24(34-25)18-5-7-22(8-6-18)39-28(29,30)31/h5-10,14-15,17,20H,11-13,16H2,1-4H3,(H,32,38). The smallest absolute Gasteiger partial charge is 0.406 e. The fraction of sp³-hybridized carbons (Fsp3) is 0.393. The van der Waals surface area contributed by atoms with E-state index in [-0.39, 0.29) is 17.2 Å². The number of alkyl halides is 3. The second-order valence-electron chi connectivity index (χ2n) is 10.8. The van der Waals surface area contributed by atoms with Gasteiger partial charge in [-0.2, -0.15) is 5.10 Å². The average molecular weight is 541 g/mol. The minimum absolute atomic E-state index is 0.0156. The number of fused-ring (bicyclic) bond motifs is 1. The van der Waals surface area contributed by atoms with Crippen LogP contribution in [0.2, 0.25) is 0 Å². The van der Waals surface area contributed by atoms with Crippen molar-refractivity contribution < 1.29 is 22.7 Å². The van der Waals surface area contributed by atoms with Gasteiger partial charge in [0.25, 0.3) is 0 Å². The van der Waals surface area contributed by atoms with Crippen molar-refractivity contribution in [2.45, 2.75) is 33.1 Å². The molecule has 1 aliphatic rings. The highest BCUT2D eigenvalue weighted by atomic mass is 19.4. The van der Waals surface area contributed by atoms with Crippen LogP contribution in [0.5, 0.6) is 5.75 Å². The van der Waals surface area contributed by atoms with E-state index in [0.717, 1.165) is 35.1 Å². The fourth-order valence-corrected chi connectivity index (χ4v) is 5.09. The monoisotopic (exact) mass is 540 g/mol. The molecule has 1 unspecified atom stereocenters. The molecule has 206 valence electrons. The Labute approximate surface area is 224 Å². The van der Waals surface area contributed by atoms with Gasteiger partial charge in [0.05, 0.1) is 17.6 Å². The molecule has 1 aliphatic heterocycles. The van der Waals surface area contributed by atoms with Crippen molar-refractivity contribution in [2.24, 2.45) is 18.4 Å². The molecule has 5 rings (SSSR count). The summed E-state index contributed by atoms with van der Waals surface area (Å²) in [6.45, 7) is 5.86. The topological polar surface area (TPSA) is 77.2 Å². The van der Waals surface area contributed by atoms with Gasteiger partial charge in [0.2, 0.25) is 0 Å². The van der Waals surface area contributed by atoms with Crippen LogP contribution in [0.3, 0.4) is 0 Å². The first-order chi connectivity index (χ1) is 18.4. The number of urea groups is 1. The number of benzene rings is 1. The van der Waals surface area contributed by atoms with Crippen LogP contribution < -0.4 is 10.1 Å². The van der Waals surface area contributed by atoms with E-state index in [9.17, 15) is 18.0 Å². The number of aromatic nitrogens is 4. The molecule has 0 aliphatic carbocycles. The number of nitrogens with zero attached hydrogens (tertiary/aromatic N) is 5. The van der Waals surface area contributed by atoms with Crippen LogP contribution in [0.15, 0.2) is 55.0 Å². The molecule has 0 saturated carbocycles. The van der Waals surface area contributed by atoms with Gasteiger partial charge in [-0.05, 0) is 66.1 Å². The summed E-state index contributed by atoms with van der Waals surface area (Å²) < 4.78 is 45.4. The van der Waals surface area contributed by atoms with Crippen molar-refractivity contribution in [3.63, 3.8) is 0 Å². The maximum atomic E-state index is 12.6. The maximum absolute atomic E-state index is 12.6. The van der Waals surface area contributed by atoms with Gasteiger partial charge in [-0.1, -0.05) is 13.8 Å². The van der Waals surface area contributed by atoms with Crippen molar-refractivity contribution in [1.29, 1.82) is 0 Å². The number of ether oxygens (including phenoxy) is 1. The Bertz CT molecular complexity index is 1490. The molecule has 8 nitrogen and oxygen atoms in total. The highest BCUT2D eigenvalue weighted by molar-refractivity contribution is 5.85. The van der Waals surface area contributed by atoms with E-state index in [1.54, 1.807) is 27.9 Å². The molecule has 1 fully saturated rings. The molecule has 39 heavy (non-hydrogen) atoms. The minimum Gasteiger partial charge on any atom is -0.406 e. The van der Waals surface area contributed by atoms with Gasteiger partial charge in [-0.15, -0.1) is 13.2 Å². The van der Waals surface area contributed by atoms with Gasteiger partial charge in [0.1, 0.15) is 11.4 Å². The van der Waals surface area contributed by atoms with E-state index in [0.29, 0.717) is 30.3 Å². The third-order valence-electron chi connectivity index (χ3n) is 7.57. The summed E-state index contributed by atoms with van der Waals surface area (Å²) in [6, 6.07) is 9.57. The Hall–Kier alpha value is -4.02. The predicted octanol–water partition coefficient (Wildman–Crippen LogP) is 5.55. The van der Waals surface area contributed by atoms with Crippen LogP contribution in [-0.2, 0) is 13.5 Å². The number of amides is 2. The Morgan fingerprint density at radius 1 is 1.08 bits per heavy atom. The molecular weight excluding hydrogens is 509 g/mol. The van der Waals surface area contributed by atoms with Gasteiger partial charge >= 0.3 is 12.4 Å². The summed E-state index contributed by atoms with van der Waals surface area (Å²) in [5, 5.41) is 8.30. The van der Waals surface area contributed by atoms with E-state index >= 15 is 0 Å². The molecule has 11 heteroatoms. The number of carbonyl (C=O) groups excluding carboxylic acids is 1. The van der Waals surface area contributed by atoms with E-state index in [4.69, 9.17) is 4.98 Å². The molecule has 1 atom stereocenters. The lowest BCUT2D eigenvalue weighted by atomic mass is 9.74. The summed E-state index contributed by atoms with van der Waals surface area (Å²) in [7, 11) is 3.67. The zero-order valence-corrected chi connectivity index (χ0v) is 22.3. The van der Waals surface area contributed by atoms with Crippen molar-refractivity contribution in [1.82, 2.24) is 29.5 Å². The quantitative estimate of drug-likeness (QED) is 0.333. The third kappa shape index (κ3) is 5.71. The molecule has 4 heterocycles. The van der Waals surface area contributed by atoms with Crippen molar-refractivity contribution in [2.75, 3.05) is 20.1 Å². The van der Waals surface area contributed by atoms with Gasteiger partial charge < -0.3 is 15.0 Å². The SMILES string of the molecule is CN1CC(C(C)(C)CCc2cn(-c3cnn(C)c3)c3nc(-c4ccc(OC(F)(F)F)cc4)ccc23)CNC1=O. The summed E-state index contributed by atoms with van der Waals surface area (Å²) in [4.78, 5) is 18.5. The third-order valence-corrected chi connectivity index (χ3v) is 7.57. The van der Waals surface area contributed by atoms with Crippen LogP contribution in [-0.4, -0.2) is 56.8 Å². The lowest BCUT2D eigenvalue weighted by Gasteiger charge is -2.40. The highest BCUT2D eigenvalue weighted by Gasteiger charge is 2.35. The van der Waals surface area contributed by atoms with E-state index in [2.05, 4.69) is 35.2 Å². The number of aryl methyl sites for hydroxylation is 2. The van der Waals surface area contributed by atoms with Crippen LogP contribution in [0, 0.1) is 11.3 Å². The van der Waals surface area contributed by atoms with Gasteiger partial charge in [0, 0.05) is 50.5 Å². The lowest BCUT2D eigenvalue weighted by molar-refractivity contribution is -0.274. The number of halogens is 3. The van der Waals surface area contributed by atoms with Crippen molar-refractivity contribution >= 4 is 17.1 Å². The molecule has 0 spiro atoms. The fourth-order valence-electron chi connectivity index (χ4n) is 5.09. The second kappa shape index (κ2) is 9.94. The molecule has 1 saturated heterocycles. The predicted molar refractivity (Wildman–Crippen MR) is 142 cm³/mol. The summed E-state index contributed by atoms with van der Waals surface area (Å²) in [5.41, 5.74) is 4.05. The largest absolute Gasteiger partial charge is 0.573 e. The number of carbonyl (C=O) groups is 1. The first kappa shape index (κ1) is 26.6. The van der Waals surface area contributed by atoms with Crippen molar-refractivity contribution in [3.05, 3.63) is 60.6 Å². The first-order valence-electron chi connectivity index (χ1n) is 12.7. The number of hydrogen-bond donors (Lipinski definition) is 1. The summed E-state index contributed by atoms with van der Waals surface area (Å²) >= 11 is 0. The number of pyridine rings is 1. The van der Waals surface area contributed by atoms with Gasteiger partial charge in [-0.3, -0.25) is 9.25 Å². The first-order valence-corrected chi connectivity index (χ1v) is 12.7. The number of rotatable bonds is 7. The molecule has 1 aromatic carbocycles. The van der Waals surface area contributed by atoms with Crippen molar-refractivity contribution in [3.8, 4) is 22.7 Å². The molecular formula is C28H31F3N6O2. The van der Waals surface area contributed by atoms with E-state index in [1.807, 2.05) is 37.0 Å². The van der Waals surface area contributed by atoms with Crippen LogP contribution in [0.4, 0.5) is 18.0 Å². The molecule has 3 aromatic heterocycles. The minimum atomic E-state index is -4.74. The average Bonchev–Trinajstić information content (AvgIpc) is 3.46. The Morgan fingerprint density at radius 2 is 1.82 bits per heavy atom. The zero-order valence-electron chi connectivity index (χ0n) is 22.3. The van der Waals surface area contributed by atoms with Crippen LogP contribution >= 0.6 is 0 Å². The number of nitrogens with one attached hydrogen (secondary N) is 1. The van der Waals surface area contributed by atoms with Crippen LogP contribution in [0.25, 0.3) is 28.0 Å². The molecule has 0 bridgehead atoms. The lowest BCUT2D eigenvalue weighted by Crippen LogP contribution is -2.53. The molecule has 4 aromatic rings. The Kier molecular flexibility index (Phi) is 6.77.